The van der Waals surface area contributed by atoms with Crippen molar-refractivity contribution < 1.29 is 9.53 Å². The summed E-state index contributed by atoms with van der Waals surface area (Å²) in [5.74, 6) is 0.731. The number of Topliss-reactive ketones (excluding diaryl/α,β-unsaturated/α-hetero) is 1. The van der Waals surface area contributed by atoms with Crippen molar-refractivity contribution in [2.75, 3.05) is 14.1 Å². The fourth-order valence-corrected chi connectivity index (χ4v) is 5.06. The minimum absolute atomic E-state index is 0.152. The number of hydrogen-bond acceptors (Lipinski definition) is 3. The van der Waals surface area contributed by atoms with E-state index in [-0.39, 0.29) is 24.0 Å². The summed E-state index contributed by atoms with van der Waals surface area (Å²) in [5.41, 5.74) is 3.28. The third-order valence-electron chi connectivity index (χ3n) is 6.43. The quantitative estimate of drug-likeness (QED) is 0.637. The van der Waals surface area contributed by atoms with Gasteiger partial charge in [-0.2, -0.15) is 0 Å². The van der Waals surface area contributed by atoms with E-state index in [1.54, 1.807) is 0 Å². The minimum Gasteiger partial charge on any atom is -0.368 e. The number of nitrogens with zero attached hydrogens (tertiary/aromatic N) is 1. The van der Waals surface area contributed by atoms with E-state index >= 15 is 0 Å². The number of benzene rings is 2. The Labute approximate surface area is 168 Å². The number of likely N-dealkylation sites (N-methyl/N-ethyl adjacent to an activating group) is 1. The predicted octanol–water partition coefficient (Wildman–Crippen LogP) is 5.58. The second kappa shape index (κ2) is 8.59. The number of carbonyl (C=O) groups excluding carboxylic acids is 1. The van der Waals surface area contributed by atoms with Gasteiger partial charge in [-0.15, -0.1) is 0 Å². The Morgan fingerprint density at radius 3 is 2.25 bits per heavy atom. The molecule has 3 atom stereocenters. The van der Waals surface area contributed by atoms with Gasteiger partial charge in [-0.3, -0.25) is 4.79 Å². The van der Waals surface area contributed by atoms with Crippen LogP contribution < -0.4 is 0 Å². The Morgan fingerprint density at radius 1 is 0.929 bits per heavy atom. The number of ether oxygens (including phenoxy) is 1. The lowest BCUT2D eigenvalue weighted by Crippen LogP contribution is -2.43. The second-order valence-corrected chi connectivity index (χ2v) is 8.52. The molecular formula is C25H31NO2. The molecular weight excluding hydrogens is 346 g/mol. The zero-order chi connectivity index (χ0) is 19.5. The zero-order valence-electron chi connectivity index (χ0n) is 17.0. The summed E-state index contributed by atoms with van der Waals surface area (Å²) >= 11 is 0. The van der Waals surface area contributed by atoms with Crippen LogP contribution in [0.4, 0.5) is 0 Å². The van der Waals surface area contributed by atoms with E-state index < -0.39 is 0 Å². The number of ketones is 1. The maximum absolute atomic E-state index is 12.9. The van der Waals surface area contributed by atoms with Gasteiger partial charge in [-0.05, 0) is 44.0 Å². The monoisotopic (exact) mass is 377 g/mol. The molecule has 1 unspecified atom stereocenters. The molecule has 0 saturated heterocycles. The van der Waals surface area contributed by atoms with Gasteiger partial charge >= 0.3 is 0 Å². The molecule has 0 N–H and O–H groups in total. The van der Waals surface area contributed by atoms with Crippen LogP contribution in [0.2, 0.25) is 0 Å². The molecule has 4 rings (SSSR count). The number of fused-ring (bicyclic) bond motifs is 1. The molecule has 3 nitrogen and oxygen atoms in total. The molecule has 0 spiro atoms. The van der Waals surface area contributed by atoms with Crippen molar-refractivity contribution in [3.8, 4) is 0 Å². The summed E-state index contributed by atoms with van der Waals surface area (Å²) in [6, 6.07) is 18.4. The van der Waals surface area contributed by atoms with Gasteiger partial charge in [0.2, 0.25) is 0 Å². The third-order valence-corrected chi connectivity index (χ3v) is 6.43. The van der Waals surface area contributed by atoms with Crippen molar-refractivity contribution in [3.05, 3.63) is 71.3 Å². The van der Waals surface area contributed by atoms with E-state index in [0.29, 0.717) is 12.3 Å². The highest BCUT2D eigenvalue weighted by Crippen LogP contribution is 2.46. The van der Waals surface area contributed by atoms with E-state index in [4.69, 9.17) is 4.74 Å². The van der Waals surface area contributed by atoms with Crippen LogP contribution >= 0.6 is 0 Å². The zero-order valence-corrected chi connectivity index (χ0v) is 17.0. The van der Waals surface area contributed by atoms with Crippen LogP contribution in [-0.4, -0.2) is 30.9 Å². The van der Waals surface area contributed by atoms with Crippen molar-refractivity contribution >= 4 is 5.78 Å². The summed E-state index contributed by atoms with van der Waals surface area (Å²) in [5, 5.41) is 0. The summed E-state index contributed by atoms with van der Waals surface area (Å²) in [6.45, 7) is 0. The van der Waals surface area contributed by atoms with E-state index in [1.807, 2.05) is 30.3 Å². The van der Waals surface area contributed by atoms with Gasteiger partial charge < -0.3 is 9.64 Å². The maximum atomic E-state index is 12.9. The van der Waals surface area contributed by atoms with Gasteiger partial charge in [0.25, 0.3) is 0 Å². The molecule has 3 heteroatoms. The highest BCUT2D eigenvalue weighted by atomic mass is 16.5. The molecule has 1 aliphatic heterocycles. The van der Waals surface area contributed by atoms with Crippen LogP contribution in [0.1, 0.15) is 72.2 Å². The molecule has 1 fully saturated rings. The van der Waals surface area contributed by atoms with E-state index in [1.165, 1.54) is 43.2 Å². The summed E-state index contributed by atoms with van der Waals surface area (Å²) < 4.78 is 6.76. The second-order valence-electron chi connectivity index (χ2n) is 8.52. The van der Waals surface area contributed by atoms with E-state index in [2.05, 4.69) is 43.3 Å². The summed E-state index contributed by atoms with van der Waals surface area (Å²) in [6.07, 6.45) is 6.78. The summed E-state index contributed by atoms with van der Waals surface area (Å²) in [4.78, 5) is 15.2. The molecule has 1 heterocycles. The molecule has 0 amide bonds. The first-order valence-corrected chi connectivity index (χ1v) is 10.6. The van der Waals surface area contributed by atoms with Crippen LogP contribution in [0.5, 0.6) is 0 Å². The summed E-state index contributed by atoms with van der Waals surface area (Å²) in [7, 11) is 4.30. The van der Waals surface area contributed by atoms with Crippen molar-refractivity contribution in [2.45, 2.75) is 56.8 Å². The fraction of sp³-hybridized carbons (Fsp3) is 0.480. The van der Waals surface area contributed by atoms with Gasteiger partial charge in [0.05, 0.1) is 18.2 Å². The molecule has 0 aromatic heterocycles. The topological polar surface area (TPSA) is 29.5 Å². The van der Waals surface area contributed by atoms with E-state index in [0.717, 1.165) is 5.56 Å². The first kappa shape index (κ1) is 19.4. The molecule has 2 aromatic carbocycles. The van der Waals surface area contributed by atoms with Crippen molar-refractivity contribution in [2.24, 2.45) is 5.92 Å². The highest BCUT2D eigenvalue weighted by molar-refractivity contribution is 5.96. The average molecular weight is 378 g/mol. The first-order chi connectivity index (χ1) is 13.6. The lowest BCUT2D eigenvalue weighted by Gasteiger charge is -2.45. The number of carbonyl (C=O) groups is 1. The smallest absolute Gasteiger partial charge is 0.165 e. The van der Waals surface area contributed by atoms with Gasteiger partial charge in [-0.25, -0.2) is 0 Å². The van der Waals surface area contributed by atoms with E-state index in [9.17, 15) is 4.79 Å². The average Bonchev–Trinajstić information content (AvgIpc) is 2.74. The van der Waals surface area contributed by atoms with Gasteiger partial charge in [0, 0.05) is 12.0 Å². The highest BCUT2D eigenvalue weighted by Gasteiger charge is 2.41. The molecule has 1 aliphatic carbocycles. The van der Waals surface area contributed by atoms with Crippen molar-refractivity contribution in [3.63, 3.8) is 0 Å². The number of hydrogen-bond donors (Lipinski definition) is 0. The lowest BCUT2D eigenvalue weighted by molar-refractivity contribution is -0.103. The predicted molar refractivity (Wildman–Crippen MR) is 112 cm³/mol. The Kier molecular flexibility index (Phi) is 5.93. The largest absolute Gasteiger partial charge is 0.368 e. The Bertz CT molecular complexity index is 795. The molecule has 2 aliphatic rings. The SMILES string of the molecule is CN(C)[C@H]1c2ccccc2C(CC(=O)c2ccccc2)O[C@@H]1C1CCCCC1. The fourth-order valence-electron chi connectivity index (χ4n) is 5.06. The third kappa shape index (κ3) is 3.92. The Balaban J connectivity index is 1.66. The Morgan fingerprint density at radius 2 is 1.57 bits per heavy atom. The molecule has 148 valence electrons. The molecule has 0 radical (unpaired) electrons. The van der Waals surface area contributed by atoms with Crippen LogP contribution in [0.25, 0.3) is 0 Å². The minimum atomic E-state index is -0.160. The maximum Gasteiger partial charge on any atom is 0.165 e. The van der Waals surface area contributed by atoms with Crippen molar-refractivity contribution in [1.29, 1.82) is 0 Å². The Hall–Kier alpha value is -1.97. The van der Waals surface area contributed by atoms with Crippen molar-refractivity contribution in [1.82, 2.24) is 4.90 Å². The van der Waals surface area contributed by atoms with Crippen LogP contribution in [0.15, 0.2) is 54.6 Å². The lowest BCUT2D eigenvalue weighted by atomic mass is 9.77. The van der Waals surface area contributed by atoms with Crippen LogP contribution in [-0.2, 0) is 4.74 Å². The standard InChI is InChI=1S/C25H31NO2/c1-26(2)24-21-16-10-9-15-20(21)23(17-22(27)18-11-5-3-6-12-18)28-25(24)19-13-7-4-8-14-19/h3,5-6,9-12,15-16,19,23-25H,4,7-8,13-14,17H2,1-2H3/t23?,24-,25+/m0/s1. The first-order valence-electron chi connectivity index (χ1n) is 10.6. The number of rotatable bonds is 5. The van der Waals surface area contributed by atoms with Gasteiger partial charge in [0.1, 0.15) is 0 Å². The van der Waals surface area contributed by atoms with Gasteiger partial charge in [0.15, 0.2) is 5.78 Å². The molecule has 1 saturated carbocycles. The van der Waals surface area contributed by atoms with Crippen LogP contribution in [0, 0.1) is 5.92 Å². The molecule has 2 aromatic rings. The molecule has 28 heavy (non-hydrogen) atoms. The molecule has 0 bridgehead atoms. The van der Waals surface area contributed by atoms with Crippen LogP contribution in [0.3, 0.4) is 0 Å². The normalized spacial score (nSPS) is 25.5. The van der Waals surface area contributed by atoms with Gasteiger partial charge in [-0.1, -0.05) is 73.9 Å².